The van der Waals surface area contributed by atoms with Crippen LogP contribution in [-0.2, 0) is 25.6 Å². The van der Waals surface area contributed by atoms with Gasteiger partial charge in [-0.05, 0) is 82.8 Å². The first-order chi connectivity index (χ1) is 21.8. The average molecular weight is 660 g/mol. The van der Waals surface area contributed by atoms with Crippen molar-refractivity contribution < 1.29 is 21.8 Å². The number of halogens is 1. The molecule has 4 aromatic carbocycles. The van der Waals surface area contributed by atoms with Crippen molar-refractivity contribution in [3.05, 3.63) is 107 Å². The molecule has 0 heterocycles. The Morgan fingerprint density at radius 2 is 1.54 bits per heavy atom. The van der Waals surface area contributed by atoms with E-state index in [0.29, 0.717) is 10.9 Å². The summed E-state index contributed by atoms with van der Waals surface area (Å²) in [4.78, 5) is 17.9. The number of allylic oxidation sites excluding steroid dienone is 2. The number of benzene rings is 4. The average Bonchev–Trinajstić information content (AvgIpc) is 3.27. The first-order valence-corrected chi connectivity index (χ1v) is 17.8. The maximum atomic E-state index is 14.4. The molecule has 1 atom stereocenters. The van der Waals surface area contributed by atoms with Crippen LogP contribution in [0.1, 0.15) is 30.0 Å². The number of hydrogen-bond acceptors (Lipinski definition) is 5. The molecule has 10 heteroatoms. The molecule has 0 aliphatic heterocycles. The van der Waals surface area contributed by atoms with E-state index in [1.54, 1.807) is 31.5 Å². The Morgan fingerprint density at radius 1 is 0.870 bits per heavy atom. The Morgan fingerprint density at radius 3 is 2.22 bits per heavy atom. The molecular weight excluding hydrogens is 622 g/mol. The van der Waals surface area contributed by atoms with Gasteiger partial charge >= 0.3 is 0 Å². The van der Waals surface area contributed by atoms with Crippen molar-refractivity contribution in [3.63, 3.8) is 0 Å². The van der Waals surface area contributed by atoms with Crippen molar-refractivity contribution in [3.8, 4) is 0 Å². The highest BCUT2D eigenvalue weighted by molar-refractivity contribution is 7.89. The van der Waals surface area contributed by atoms with Crippen molar-refractivity contribution >= 4 is 60.4 Å². The zero-order valence-corrected chi connectivity index (χ0v) is 28.5. The number of carbonyl (C=O) groups excluding carboxylic acids is 1. The van der Waals surface area contributed by atoms with Gasteiger partial charge < -0.3 is 9.80 Å². The topological polar surface area (TPSA) is 78.0 Å². The van der Waals surface area contributed by atoms with Crippen LogP contribution in [0.4, 0.5) is 10.1 Å². The second-order valence-electron chi connectivity index (χ2n) is 11.7. The largest absolute Gasteiger partial charge is 0.377 e. The fraction of sp³-hybridized carbons (Fsp3) is 0.250. The first kappa shape index (κ1) is 33.2. The summed E-state index contributed by atoms with van der Waals surface area (Å²) in [6.07, 6.45) is 3.66. The van der Waals surface area contributed by atoms with Gasteiger partial charge in [-0.2, -0.15) is 4.31 Å². The van der Waals surface area contributed by atoms with Crippen molar-refractivity contribution in [2.24, 2.45) is 0 Å². The molecule has 240 valence electrons. The van der Waals surface area contributed by atoms with E-state index < -0.39 is 20.8 Å². The summed E-state index contributed by atoms with van der Waals surface area (Å²) < 4.78 is 54.9. The van der Waals surface area contributed by atoms with E-state index >= 15 is 0 Å². The molecule has 0 spiro atoms. The highest BCUT2D eigenvalue weighted by Crippen LogP contribution is 2.44. The summed E-state index contributed by atoms with van der Waals surface area (Å²) in [5.41, 5.74) is 5.83. The summed E-state index contributed by atoms with van der Waals surface area (Å²) in [5, 5.41) is 1.48. The molecule has 7 nitrogen and oxygen atoms in total. The Hall–Kier alpha value is -4.12. The zero-order chi connectivity index (χ0) is 33.3. The number of anilines is 1. The molecule has 0 radical (unpaired) electrons. The predicted octanol–water partition coefficient (Wildman–Crippen LogP) is 6.28. The summed E-state index contributed by atoms with van der Waals surface area (Å²) in [5.74, 6) is -0.592. The number of fused-ring (bicyclic) bond motifs is 2. The Bertz CT molecular complexity index is 2020. The molecule has 0 N–H and O–H groups in total. The van der Waals surface area contributed by atoms with Crippen molar-refractivity contribution in [1.29, 1.82) is 0 Å². The van der Waals surface area contributed by atoms with Crippen LogP contribution in [0.3, 0.4) is 0 Å². The molecule has 1 aliphatic carbocycles. The maximum Gasteiger partial charge on any atom is 0.243 e. The fourth-order valence-corrected chi connectivity index (χ4v) is 7.66. The molecule has 1 unspecified atom stereocenters. The molecule has 4 aromatic rings. The fourth-order valence-electron chi connectivity index (χ4n) is 5.77. The Balaban J connectivity index is 1.34. The minimum absolute atomic E-state index is 0.0387. The summed E-state index contributed by atoms with van der Waals surface area (Å²) >= 11 is 0. The minimum atomic E-state index is -3.85. The second-order valence-corrected chi connectivity index (χ2v) is 15.1. The van der Waals surface area contributed by atoms with Crippen LogP contribution in [0, 0.1) is 5.82 Å². The van der Waals surface area contributed by atoms with Gasteiger partial charge in [0.05, 0.1) is 11.3 Å². The molecule has 0 bridgehead atoms. The zero-order valence-electron chi connectivity index (χ0n) is 26.9. The molecule has 1 amide bonds. The summed E-state index contributed by atoms with van der Waals surface area (Å²) in [6, 6.07) is 22.9. The van der Waals surface area contributed by atoms with Gasteiger partial charge in [-0.3, -0.25) is 9.00 Å². The third-order valence-corrected chi connectivity index (χ3v) is 11.4. The lowest BCUT2D eigenvalue weighted by molar-refractivity contribution is -0.128. The highest BCUT2D eigenvalue weighted by Gasteiger charge is 2.28. The summed E-state index contributed by atoms with van der Waals surface area (Å²) in [6.45, 7) is 2.20. The number of likely N-dealkylation sites (N-methyl/N-ethyl adjacent to an activating group) is 2. The third-order valence-electron chi connectivity index (χ3n) is 8.51. The van der Waals surface area contributed by atoms with Crippen LogP contribution < -0.4 is 4.90 Å². The smallest absolute Gasteiger partial charge is 0.243 e. The second kappa shape index (κ2) is 13.3. The van der Waals surface area contributed by atoms with Crippen LogP contribution in [-0.4, -0.2) is 75.3 Å². The van der Waals surface area contributed by atoms with Crippen molar-refractivity contribution in [2.75, 3.05) is 52.4 Å². The minimum Gasteiger partial charge on any atom is -0.377 e. The van der Waals surface area contributed by atoms with E-state index in [2.05, 4.69) is 0 Å². The van der Waals surface area contributed by atoms with Gasteiger partial charge in [0.15, 0.2) is 0 Å². The van der Waals surface area contributed by atoms with Gasteiger partial charge in [0, 0.05) is 79.7 Å². The molecule has 5 rings (SSSR count). The van der Waals surface area contributed by atoms with Crippen molar-refractivity contribution in [2.45, 2.75) is 23.1 Å². The molecule has 0 fully saturated rings. The molecule has 1 aliphatic rings. The predicted molar refractivity (Wildman–Crippen MR) is 186 cm³/mol. The monoisotopic (exact) mass is 659 g/mol. The molecule has 0 aromatic heterocycles. The van der Waals surface area contributed by atoms with Gasteiger partial charge in [0.1, 0.15) is 5.82 Å². The molecule has 46 heavy (non-hydrogen) atoms. The van der Waals surface area contributed by atoms with Crippen LogP contribution in [0.5, 0.6) is 0 Å². The summed E-state index contributed by atoms with van der Waals surface area (Å²) in [7, 11) is 2.07. The Labute approximate surface area is 273 Å². The number of sulfonamides is 1. The van der Waals surface area contributed by atoms with E-state index in [9.17, 15) is 21.8 Å². The number of carbonyl (C=O) groups is 1. The normalized spacial score (nSPS) is 14.7. The first-order valence-electron chi connectivity index (χ1n) is 14.8. The van der Waals surface area contributed by atoms with Gasteiger partial charge in [0.25, 0.3) is 0 Å². The molecule has 0 saturated heterocycles. The van der Waals surface area contributed by atoms with E-state index in [-0.39, 0.29) is 36.1 Å². The van der Waals surface area contributed by atoms with Gasteiger partial charge in [-0.15, -0.1) is 0 Å². The lowest BCUT2D eigenvalue weighted by Gasteiger charge is -2.23. The number of nitrogens with zero attached hydrogens (tertiary/aromatic N) is 3. The third kappa shape index (κ3) is 6.56. The standard InChI is InChI=1S/C36H38FN3O4S2/c1-24-31(21-25-13-16-27(17-14-25)45(6)42)28-18-15-26(37)22-33(28)32(24)23-36(41)39(4)19-20-40(5)46(43,44)35-12-8-9-29-30(35)10-7-11-34(29)38(2)3/h7-18,21-22H,19-20,23H2,1-6H3/b31-21-. The van der Waals surface area contributed by atoms with E-state index in [0.717, 1.165) is 43.8 Å². The number of amides is 1. The highest BCUT2D eigenvalue weighted by atomic mass is 32.2. The van der Waals surface area contributed by atoms with Crippen LogP contribution >= 0.6 is 0 Å². The molecule has 0 saturated carbocycles. The Kier molecular flexibility index (Phi) is 9.62. The SMILES string of the molecule is CC1=C(CC(=O)N(C)CCN(C)S(=O)(=O)c2cccc3c(N(C)C)cccc23)c2cc(F)ccc2/C1=C\c1ccc(S(C)=O)cc1. The lowest BCUT2D eigenvalue weighted by Crippen LogP contribution is -2.37. The van der Waals surface area contributed by atoms with Gasteiger partial charge in [0.2, 0.25) is 15.9 Å². The quantitative estimate of drug-likeness (QED) is 0.200. The van der Waals surface area contributed by atoms with Crippen LogP contribution in [0.15, 0.2) is 94.2 Å². The van der Waals surface area contributed by atoms with Gasteiger partial charge in [-0.25, -0.2) is 12.8 Å². The van der Waals surface area contributed by atoms with Crippen molar-refractivity contribution in [1.82, 2.24) is 9.21 Å². The van der Waals surface area contributed by atoms with E-state index in [1.807, 2.05) is 80.5 Å². The van der Waals surface area contributed by atoms with E-state index in [4.69, 9.17) is 0 Å². The van der Waals surface area contributed by atoms with Gasteiger partial charge in [-0.1, -0.05) is 42.5 Å². The molecular formula is C36H38FN3O4S2. The van der Waals surface area contributed by atoms with E-state index in [1.165, 1.54) is 28.4 Å². The lowest BCUT2D eigenvalue weighted by atomic mass is 10.0. The van der Waals surface area contributed by atoms with Crippen LogP contribution in [0.2, 0.25) is 0 Å². The number of hydrogen-bond donors (Lipinski definition) is 0. The maximum absolute atomic E-state index is 14.4. The van der Waals surface area contributed by atoms with Crippen LogP contribution in [0.25, 0.3) is 28.0 Å². The number of rotatable bonds is 10.